The van der Waals surface area contributed by atoms with E-state index in [4.69, 9.17) is 6.42 Å². The smallest absolute Gasteiger partial charge is 0.243 e. The minimum absolute atomic E-state index is 0.0707. The minimum Gasteiger partial charge on any atom is -0.363 e. The van der Waals surface area contributed by atoms with Crippen LogP contribution in [0.25, 0.3) is 10.8 Å². The molecule has 1 atom stereocenters. The zero-order valence-electron chi connectivity index (χ0n) is 11.8. The quantitative estimate of drug-likeness (QED) is 0.862. The molecule has 0 saturated carbocycles. The summed E-state index contributed by atoms with van der Waals surface area (Å²) < 4.78 is 0. The van der Waals surface area contributed by atoms with E-state index in [2.05, 4.69) is 35.5 Å². The standard InChI is InChI=1S/C17H18N2O/c1-4-11-18-17(20)13(2)19(3)16-10-9-14-7-5-6-8-15(14)12-16/h1,5-10,12-13H,11H2,2-3H3,(H,18,20). The Morgan fingerprint density at radius 3 is 2.70 bits per heavy atom. The minimum atomic E-state index is -0.274. The lowest BCUT2D eigenvalue weighted by Crippen LogP contribution is -2.43. The fourth-order valence-electron chi connectivity index (χ4n) is 2.08. The Hall–Kier alpha value is -2.47. The molecule has 1 N–H and O–H groups in total. The maximum atomic E-state index is 11.9. The molecule has 0 aliphatic rings. The Bertz CT molecular complexity index is 657. The molecule has 0 radical (unpaired) electrons. The third-order valence-corrected chi connectivity index (χ3v) is 3.47. The van der Waals surface area contributed by atoms with Crippen molar-refractivity contribution in [1.82, 2.24) is 5.32 Å². The first-order chi connectivity index (χ1) is 9.63. The summed E-state index contributed by atoms with van der Waals surface area (Å²) in [6.07, 6.45) is 5.15. The number of benzene rings is 2. The van der Waals surface area contributed by atoms with Crippen molar-refractivity contribution >= 4 is 22.4 Å². The Labute approximate surface area is 119 Å². The van der Waals surface area contributed by atoms with Crippen LogP contribution in [0.5, 0.6) is 0 Å². The number of amides is 1. The molecule has 3 heteroatoms. The van der Waals surface area contributed by atoms with Crippen LogP contribution < -0.4 is 10.2 Å². The number of likely N-dealkylation sites (N-methyl/N-ethyl adjacent to an activating group) is 1. The molecule has 2 aromatic carbocycles. The average Bonchev–Trinajstić information content (AvgIpc) is 2.50. The third-order valence-electron chi connectivity index (χ3n) is 3.47. The number of anilines is 1. The van der Waals surface area contributed by atoms with Crippen LogP contribution in [0, 0.1) is 12.3 Å². The Morgan fingerprint density at radius 1 is 1.30 bits per heavy atom. The van der Waals surface area contributed by atoms with Gasteiger partial charge < -0.3 is 10.2 Å². The van der Waals surface area contributed by atoms with E-state index in [9.17, 15) is 4.79 Å². The van der Waals surface area contributed by atoms with Gasteiger partial charge in [0, 0.05) is 12.7 Å². The first-order valence-electron chi connectivity index (χ1n) is 6.56. The molecule has 1 unspecified atom stereocenters. The van der Waals surface area contributed by atoms with Crippen molar-refractivity contribution in [2.75, 3.05) is 18.5 Å². The lowest BCUT2D eigenvalue weighted by molar-refractivity contribution is -0.121. The van der Waals surface area contributed by atoms with Crippen molar-refractivity contribution in [2.45, 2.75) is 13.0 Å². The molecular weight excluding hydrogens is 248 g/mol. The molecule has 2 rings (SSSR count). The topological polar surface area (TPSA) is 32.3 Å². The van der Waals surface area contributed by atoms with Gasteiger partial charge in [0.05, 0.1) is 6.54 Å². The molecule has 0 spiro atoms. The SMILES string of the molecule is C#CCNC(=O)C(C)N(C)c1ccc2ccccc2c1. The van der Waals surface area contributed by atoms with Crippen molar-refractivity contribution in [3.63, 3.8) is 0 Å². The monoisotopic (exact) mass is 266 g/mol. The highest BCUT2D eigenvalue weighted by molar-refractivity contribution is 5.88. The van der Waals surface area contributed by atoms with E-state index in [0.29, 0.717) is 0 Å². The molecule has 1 amide bonds. The third kappa shape index (κ3) is 2.92. The van der Waals surface area contributed by atoms with Crippen LogP contribution in [0.4, 0.5) is 5.69 Å². The number of terminal acetylenes is 1. The highest BCUT2D eigenvalue weighted by Crippen LogP contribution is 2.22. The molecule has 3 nitrogen and oxygen atoms in total. The normalized spacial score (nSPS) is 11.7. The van der Waals surface area contributed by atoms with E-state index in [1.54, 1.807) is 0 Å². The predicted molar refractivity (Wildman–Crippen MR) is 83.7 cm³/mol. The van der Waals surface area contributed by atoms with Crippen molar-refractivity contribution in [1.29, 1.82) is 0 Å². The van der Waals surface area contributed by atoms with Crippen molar-refractivity contribution in [3.05, 3.63) is 42.5 Å². The van der Waals surface area contributed by atoms with Gasteiger partial charge in [-0.15, -0.1) is 6.42 Å². The summed E-state index contributed by atoms with van der Waals surface area (Å²) in [6, 6.07) is 14.1. The van der Waals surface area contributed by atoms with E-state index >= 15 is 0 Å². The second-order valence-electron chi connectivity index (χ2n) is 4.74. The predicted octanol–water partition coefficient (Wildman–Crippen LogP) is 2.41. The Morgan fingerprint density at radius 2 is 2.00 bits per heavy atom. The van der Waals surface area contributed by atoms with Crippen LogP contribution in [0.3, 0.4) is 0 Å². The van der Waals surface area contributed by atoms with Gasteiger partial charge in [0.2, 0.25) is 5.91 Å². The van der Waals surface area contributed by atoms with Gasteiger partial charge in [-0.25, -0.2) is 0 Å². The maximum absolute atomic E-state index is 11.9. The number of nitrogens with one attached hydrogen (secondary N) is 1. The lowest BCUT2D eigenvalue weighted by Gasteiger charge is -2.26. The van der Waals surface area contributed by atoms with Crippen molar-refractivity contribution in [2.24, 2.45) is 0 Å². The van der Waals surface area contributed by atoms with Gasteiger partial charge in [-0.1, -0.05) is 36.3 Å². The van der Waals surface area contributed by atoms with Crippen molar-refractivity contribution < 1.29 is 4.79 Å². The zero-order chi connectivity index (χ0) is 14.5. The number of carbonyl (C=O) groups is 1. The fourth-order valence-corrected chi connectivity index (χ4v) is 2.08. The molecule has 0 fully saturated rings. The maximum Gasteiger partial charge on any atom is 0.243 e. The molecule has 0 saturated heterocycles. The van der Waals surface area contributed by atoms with Crippen LogP contribution in [-0.2, 0) is 4.79 Å². The van der Waals surface area contributed by atoms with E-state index in [1.165, 1.54) is 5.39 Å². The van der Waals surface area contributed by atoms with E-state index in [-0.39, 0.29) is 18.5 Å². The second-order valence-corrected chi connectivity index (χ2v) is 4.74. The highest BCUT2D eigenvalue weighted by Gasteiger charge is 2.17. The number of hydrogen-bond donors (Lipinski definition) is 1. The molecule has 0 aromatic heterocycles. The second kappa shape index (κ2) is 6.12. The zero-order valence-corrected chi connectivity index (χ0v) is 11.8. The van der Waals surface area contributed by atoms with E-state index in [0.717, 1.165) is 11.1 Å². The van der Waals surface area contributed by atoms with Gasteiger partial charge in [0.1, 0.15) is 6.04 Å². The van der Waals surface area contributed by atoms with Gasteiger partial charge in [-0.3, -0.25) is 4.79 Å². The van der Waals surface area contributed by atoms with Gasteiger partial charge >= 0.3 is 0 Å². The summed E-state index contributed by atoms with van der Waals surface area (Å²) in [4.78, 5) is 13.9. The summed E-state index contributed by atoms with van der Waals surface area (Å²) in [6.45, 7) is 2.12. The fraction of sp³-hybridized carbons (Fsp3) is 0.235. The summed E-state index contributed by atoms with van der Waals surface area (Å²) in [7, 11) is 1.91. The Balaban J connectivity index is 2.20. The summed E-state index contributed by atoms with van der Waals surface area (Å²) in [5, 5.41) is 5.05. The number of hydrogen-bond acceptors (Lipinski definition) is 2. The highest BCUT2D eigenvalue weighted by atomic mass is 16.2. The van der Waals surface area contributed by atoms with Gasteiger partial charge in [0.15, 0.2) is 0 Å². The Kier molecular flexibility index (Phi) is 4.27. The van der Waals surface area contributed by atoms with Crippen molar-refractivity contribution in [3.8, 4) is 12.3 Å². The van der Waals surface area contributed by atoms with E-state index in [1.807, 2.05) is 37.1 Å². The van der Waals surface area contributed by atoms with Gasteiger partial charge in [0.25, 0.3) is 0 Å². The molecule has 0 aliphatic heterocycles. The van der Waals surface area contributed by atoms with Gasteiger partial charge in [-0.05, 0) is 29.8 Å². The first-order valence-corrected chi connectivity index (χ1v) is 6.56. The van der Waals surface area contributed by atoms with E-state index < -0.39 is 0 Å². The van der Waals surface area contributed by atoms with Crippen LogP contribution in [0.15, 0.2) is 42.5 Å². The van der Waals surface area contributed by atoms with Crippen LogP contribution in [0.2, 0.25) is 0 Å². The van der Waals surface area contributed by atoms with Crippen LogP contribution in [-0.4, -0.2) is 25.5 Å². The number of carbonyl (C=O) groups excluding carboxylic acids is 1. The molecule has 20 heavy (non-hydrogen) atoms. The molecular formula is C17H18N2O. The summed E-state index contributed by atoms with van der Waals surface area (Å²) >= 11 is 0. The average molecular weight is 266 g/mol. The first kappa shape index (κ1) is 14.0. The molecule has 0 heterocycles. The molecule has 2 aromatic rings. The molecule has 0 bridgehead atoms. The van der Waals surface area contributed by atoms with Crippen LogP contribution in [0.1, 0.15) is 6.92 Å². The summed E-state index contributed by atoms with van der Waals surface area (Å²) in [5.74, 6) is 2.34. The lowest BCUT2D eigenvalue weighted by atomic mass is 10.1. The number of nitrogens with zero attached hydrogens (tertiary/aromatic N) is 1. The number of fused-ring (bicyclic) bond motifs is 1. The largest absolute Gasteiger partial charge is 0.363 e. The molecule has 0 aliphatic carbocycles. The number of rotatable bonds is 4. The molecule has 102 valence electrons. The van der Waals surface area contributed by atoms with Gasteiger partial charge in [-0.2, -0.15) is 0 Å². The van der Waals surface area contributed by atoms with Crippen LogP contribution >= 0.6 is 0 Å². The summed E-state index contributed by atoms with van der Waals surface area (Å²) in [5.41, 5.74) is 1.01.